The quantitative estimate of drug-likeness (QED) is 0.104. The van der Waals surface area contributed by atoms with Crippen LogP contribution in [0.2, 0.25) is 0 Å². The molecule has 0 radical (unpaired) electrons. The van der Waals surface area contributed by atoms with E-state index in [2.05, 4.69) is 23.8 Å². The zero-order valence-electron chi connectivity index (χ0n) is 19.4. The molecule has 0 heterocycles. The van der Waals surface area contributed by atoms with E-state index in [4.69, 9.17) is 18.9 Å². The van der Waals surface area contributed by atoms with Gasteiger partial charge in [0.2, 0.25) is 0 Å². The van der Waals surface area contributed by atoms with Crippen LogP contribution < -0.4 is 10.6 Å². The van der Waals surface area contributed by atoms with Crippen molar-refractivity contribution in [1.82, 2.24) is 10.6 Å². The predicted octanol–water partition coefficient (Wildman–Crippen LogP) is 2.33. The van der Waals surface area contributed by atoms with Crippen LogP contribution in [0.1, 0.15) is 25.5 Å². The number of nitrogens with zero attached hydrogens (tertiary/aromatic N) is 1. The number of para-hydroxylation sites is 1. The van der Waals surface area contributed by atoms with Crippen molar-refractivity contribution in [3.05, 3.63) is 64.2 Å². The third kappa shape index (κ3) is 10.8. The molecule has 0 fully saturated rings. The van der Waals surface area contributed by atoms with E-state index in [1.807, 2.05) is 0 Å². The average molecular weight is 493 g/mol. The maximum Gasteiger partial charge on any atom is 0.407 e. The number of carbonyl (C=O) groups is 4. The topological polar surface area (TPSA) is 172 Å². The van der Waals surface area contributed by atoms with Gasteiger partial charge in [0.05, 0.1) is 23.6 Å². The van der Waals surface area contributed by atoms with Gasteiger partial charge in [-0.05, 0) is 19.9 Å². The van der Waals surface area contributed by atoms with Crippen LogP contribution in [0.3, 0.4) is 0 Å². The van der Waals surface area contributed by atoms with Crippen LogP contribution >= 0.6 is 0 Å². The summed E-state index contributed by atoms with van der Waals surface area (Å²) in [5.41, 5.74) is 0.0265. The summed E-state index contributed by atoms with van der Waals surface area (Å²) in [5.74, 6) is -1.25. The second-order valence-electron chi connectivity index (χ2n) is 6.99. The standard InChI is InChI=1S/C22H27N3O10/c1-14(2)19(26)32-11-9-23-21(28)34-13-18(16-7-5-6-8-17(16)25(30)31)35-22(29)24-10-12-33-20(27)15(3)4/h5-8,18H,1,3,9-13H2,2,4H3,(H,23,28)(H,24,29). The summed E-state index contributed by atoms with van der Waals surface area (Å²) < 4.78 is 19.9. The van der Waals surface area contributed by atoms with E-state index in [9.17, 15) is 29.3 Å². The van der Waals surface area contributed by atoms with Gasteiger partial charge in [0.25, 0.3) is 5.69 Å². The van der Waals surface area contributed by atoms with E-state index in [0.717, 1.165) is 0 Å². The van der Waals surface area contributed by atoms with Gasteiger partial charge in [-0.1, -0.05) is 25.3 Å². The Morgan fingerprint density at radius 2 is 1.43 bits per heavy atom. The summed E-state index contributed by atoms with van der Waals surface area (Å²) in [6.07, 6.45) is -3.26. The van der Waals surface area contributed by atoms with Crippen LogP contribution in [0.15, 0.2) is 48.6 Å². The Balaban J connectivity index is 2.71. The number of amides is 2. The van der Waals surface area contributed by atoms with E-state index in [0.29, 0.717) is 0 Å². The monoisotopic (exact) mass is 493 g/mol. The number of rotatable bonds is 13. The van der Waals surface area contributed by atoms with Crippen LogP contribution in [0.4, 0.5) is 15.3 Å². The molecular weight excluding hydrogens is 466 g/mol. The van der Waals surface area contributed by atoms with Crippen molar-refractivity contribution in [3.8, 4) is 0 Å². The number of nitrogens with one attached hydrogen (secondary N) is 2. The summed E-state index contributed by atoms with van der Waals surface area (Å²) in [6.45, 7) is 8.75. The van der Waals surface area contributed by atoms with Crippen LogP contribution in [0, 0.1) is 10.1 Å². The Hall–Kier alpha value is -4.42. The summed E-state index contributed by atoms with van der Waals surface area (Å²) in [6, 6.07) is 5.47. The van der Waals surface area contributed by atoms with Crippen LogP contribution in [-0.4, -0.2) is 62.0 Å². The Morgan fingerprint density at radius 1 is 0.914 bits per heavy atom. The van der Waals surface area contributed by atoms with Crippen molar-refractivity contribution < 1.29 is 43.0 Å². The first-order chi connectivity index (χ1) is 16.5. The highest BCUT2D eigenvalue weighted by molar-refractivity contribution is 5.87. The Kier molecular flexibility index (Phi) is 12.0. The molecule has 1 unspecified atom stereocenters. The molecule has 2 N–H and O–H groups in total. The fourth-order valence-electron chi connectivity index (χ4n) is 2.33. The lowest BCUT2D eigenvalue weighted by Gasteiger charge is -2.19. The van der Waals surface area contributed by atoms with Gasteiger partial charge in [0.1, 0.15) is 19.8 Å². The Morgan fingerprint density at radius 3 is 1.94 bits per heavy atom. The molecule has 13 nitrogen and oxygen atoms in total. The normalized spacial score (nSPS) is 10.8. The van der Waals surface area contributed by atoms with E-state index in [1.165, 1.54) is 38.1 Å². The lowest BCUT2D eigenvalue weighted by molar-refractivity contribution is -0.386. The summed E-state index contributed by atoms with van der Waals surface area (Å²) in [5, 5.41) is 16.0. The number of esters is 2. The fraction of sp³-hybridized carbons (Fsp3) is 0.364. The molecule has 1 aromatic rings. The van der Waals surface area contributed by atoms with Gasteiger partial charge in [-0.2, -0.15) is 0 Å². The lowest BCUT2D eigenvalue weighted by atomic mass is 10.1. The van der Waals surface area contributed by atoms with Crippen molar-refractivity contribution >= 4 is 29.8 Å². The molecule has 190 valence electrons. The molecule has 0 saturated carbocycles. The molecule has 35 heavy (non-hydrogen) atoms. The minimum atomic E-state index is -1.33. The fourth-order valence-corrected chi connectivity index (χ4v) is 2.33. The first kappa shape index (κ1) is 28.6. The molecule has 0 aliphatic heterocycles. The zero-order chi connectivity index (χ0) is 26.4. The van der Waals surface area contributed by atoms with Gasteiger partial charge in [0, 0.05) is 17.2 Å². The SMILES string of the molecule is C=C(C)C(=O)OCCNC(=O)OCC(OC(=O)NCCOC(=O)C(=C)C)c1ccccc1[N+](=O)[O-]. The number of hydrogen-bond donors (Lipinski definition) is 2. The van der Waals surface area contributed by atoms with Gasteiger partial charge in [-0.15, -0.1) is 0 Å². The lowest BCUT2D eigenvalue weighted by Crippen LogP contribution is -2.33. The molecule has 0 saturated heterocycles. The maximum absolute atomic E-state index is 12.2. The van der Waals surface area contributed by atoms with Gasteiger partial charge < -0.3 is 29.6 Å². The highest BCUT2D eigenvalue weighted by Gasteiger charge is 2.26. The van der Waals surface area contributed by atoms with Gasteiger partial charge in [0.15, 0.2) is 6.10 Å². The molecular formula is C22H27N3O10. The molecule has 0 spiro atoms. The predicted molar refractivity (Wildman–Crippen MR) is 121 cm³/mol. The highest BCUT2D eigenvalue weighted by Crippen LogP contribution is 2.27. The van der Waals surface area contributed by atoms with Crippen molar-refractivity contribution in [2.75, 3.05) is 32.9 Å². The third-order valence-electron chi connectivity index (χ3n) is 4.00. The molecule has 0 aliphatic rings. The smallest absolute Gasteiger partial charge is 0.407 e. The largest absolute Gasteiger partial charge is 0.460 e. The molecule has 13 heteroatoms. The first-order valence-electron chi connectivity index (χ1n) is 10.3. The van der Waals surface area contributed by atoms with Gasteiger partial charge >= 0.3 is 24.1 Å². The minimum Gasteiger partial charge on any atom is -0.460 e. The number of nitro benzene ring substituents is 1. The molecule has 0 aliphatic carbocycles. The van der Waals surface area contributed by atoms with E-state index < -0.39 is 41.8 Å². The second-order valence-corrected chi connectivity index (χ2v) is 6.99. The number of ether oxygens (including phenoxy) is 4. The van der Waals surface area contributed by atoms with Crippen LogP contribution in [0.5, 0.6) is 0 Å². The molecule has 1 atom stereocenters. The summed E-state index contributed by atoms with van der Waals surface area (Å²) in [7, 11) is 0. The molecule has 2 amide bonds. The van der Waals surface area contributed by atoms with Gasteiger partial charge in [-0.25, -0.2) is 19.2 Å². The highest BCUT2D eigenvalue weighted by atomic mass is 16.6. The molecule has 1 aromatic carbocycles. The minimum absolute atomic E-state index is 0.00968. The summed E-state index contributed by atoms with van der Waals surface area (Å²) >= 11 is 0. The number of benzene rings is 1. The zero-order valence-corrected chi connectivity index (χ0v) is 19.4. The van der Waals surface area contributed by atoms with Crippen molar-refractivity contribution in [2.24, 2.45) is 0 Å². The molecule has 0 aromatic heterocycles. The number of hydrogen-bond acceptors (Lipinski definition) is 10. The van der Waals surface area contributed by atoms with Crippen LogP contribution in [-0.2, 0) is 28.5 Å². The molecule has 1 rings (SSSR count). The maximum atomic E-state index is 12.2. The van der Waals surface area contributed by atoms with E-state index in [-0.39, 0.29) is 48.7 Å². The first-order valence-corrected chi connectivity index (χ1v) is 10.3. The number of alkyl carbamates (subject to hydrolysis) is 2. The second kappa shape index (κ2) is 14.7. The molecule has 0 bridgehead atoms. The number of nitro groups is 1. The van der Waals surface area contributed by atoms with Crippen LogP contribution in [0.25, 0.3) is 0 Å². The average Bonchev–Trinajstić information content (AvgIpc) is 2.81. The van der Waals surface area contributed by atoms with Gasteiger partial charge in [-0.3, -0.25) is 10.1 Å². The van der Waals surface area contributed by atoms with Crippen molar-refractivity contribution in [3.63, 3.8) is 0 Å². The Bertz CT molecular complexity index is 976. The van der Waals surface area contributed by atoms with Crippen molar-refractivity contribution in [2.45, 2.75) is 20.0 Å². The van der Waals surface area contributed by atoms with E-state index >= 15 is 0 Å². The van der Waals surface area contributed by atoms with E-state index in [1.54, 1.807) is 0 Å². The summed E-state index contributed by atoms with van der Waals surface area (Å²) in [4.78, 5) is 57.5. The third-order valence-corrected chi connectivity index (χ3v) is 4.00. The number of carbonyl (C=O) groups excluding carboxylic acids is 4. The van der Waals surface area contributed by atoms with Crippen molar-refractivity contribution in [1.29, 1.82) is 0 Å². The Labute approximate surface area is 201 Å².